The SMILES string of the molecule is CC(C)OC1CN[C@@H](C(=O)O)C1.Cl. The molecule has 0 aromatic heterocycles. The van der Waals surface area contributed by atoms with E-state index in [1.165, 1.54) is 0 Å². The average Bonchev–Trinajstić information content (AvgIpc) is 2.34. The van der Waals surface area contributed by atoms with Crippen LogP contribution in [-0.4, -0.2) is 35.9 Å². The number of nitrogens with one attached hydrogen (secondary N) is 1. The number of carbonyl (C=O) groups is 1. The number of halogens is 1. The summed E-state index contributed by atoms with van der Waals surface area (Å²) in [5, 5.41) is 11.5. The lowest BCUT2D eigenvalue weighted by Gasteiger charge is -2.13. The summed E-state index contributed by atoms with van der Waals surface area (Å²) in [5.41, 5.74) is 0. The number of aliphatic carboxylic acids is 1. The third kappa shape index (κ3) is 3.93. The van der Waals surface area contributed by atoms with E-state index >= 15 is 0 Å². The van der Waals surface area contributed by atoms with E-state index in [9.17, 15) is 4.79 Å². The van der Waals surface area contributed by atoms with E-state index in [-0.39, 0.29) is 24.6 Å². The van der Waals surface area contributed by atoms with Gasteiger partial charge in [-0.15, -0.1) is 12.4 Å². The molecule has 0 aliphatic carbocycles. The molecule has 0 radical (unpaired) electrons. The molecule has 1 aliphatic rings. The van der Waals surface area contributed by atoms with Crippen LogP contribution < -0.4 is 5.32 Å². The highest BCUT2D eigenvalue weighted by Gasteiger charge is 2.29. The van der Waals surface area contributed by atoms with Crippen LogP contribution in [0.15, 0.2) is 0 Å². The van der Waals surface area contributed by atoms with Crippen molar-refractivity contribution >= 4 is 18.4 Å². The number of carboxylic acid groups (broad SMARTS) is 1. The smallest absolute Gasteiger partial charge is 0.320 e. The molecule has 0 spiro atoms. The van der Waals surface area contributed by atoms with Crippen LogP contribution in [0.1, 0.15) is 20.3 Å². The number of hydrogen-bond acceptors (Lipinski definition) is 3. The summed E-state index contributed by atoms with van der Waals surface area (Å²) in [7, 11) is 0. The van der Waals surface area contributed by atoms with E-state index in [0.717, 1.165) is 0 Å². The summed E-state index contributed by atoms with van der Waals surface area (Å²) in [4.78, 5) is 10.5. The molecule has 1 fully saturated rings. The molecule has 5 heteroatoms. The van der Waals surface area contributed by atoms with Crippen LogP contribution in [0.3, 0.4) is 0 Å². The van der Waals surface area contributed by atoms with E-state index in [1.807, 2.05) is 13.8 Å². The maximum absolute atomic E-state index is 10.5. The van der Waals surface area contributed by atoms with Gasteiger partial charge in [0.1, 0.15) is 6.04 Å². The lowest BCUT2D eigenvalue weighted by atomic mass is 10.2. The first-order chi connectivity index (χ1) is 5.59. The molecule has 0 saturated carbocycles. The second-order valence-corrected chi connectivity index (χ2v) is 3.34. The van der Waals surface area contributed by atoms with Gasteiger partial charge in [-0.05, 0) is 13.8 Å². The fraction of sp³-hybridized carbons (Fsp3) is 0.875. The minimum Gasteiger partial charge on any atom is -0.480 e. The number of ether oxygens (including phenoxy) is 1. The molecule has 4 nitrogen and oxygen atoms in total. The van der Waals surface area contributed by atoms with Gasteiger partial charge >= 0.3 is 5.97 Å². The molecular formula is C8H16ClNO3. The molecule has 13 heavy (non-hydrogen) atoms. The molecule has 0 bridgehead atoms. The molecule has 2 N–H and O–H groups in total. The highest BCUT2D eigenvalue weighted by Crippen LogP contribution is 2.12. The number of hydrogen-bond donors (Lipinski definition) is 2. The first kappa shape index (κ1) is 12.7. The lowest BCUT2D eigenvalue weighted by Crippen LogP contribution is -2.30. The zero-order chi connectivity index (χ0) is 9.14. The van der Waals surface area contributed by atoms with Gasteiger partial charge < -0.3 is 15.2 Å². The molecule has 1 heterocycles. The van der Waals surface area contributed by atoms with Gasteiger partial charge in [0.05, 0.1) is 12.2 Å². The van der Waals surface area contributed by atoms with Crippen molar-refractivity contribution in [2.45, 2.75) is 38.5 Å². The standard InChI is InChI=1S/C8H15NO3.ClH/c1-5(2)12-6-3-7(8(10)11)9-4-6;/h5-7,9H,3-4H2,1-2H3,(H,10,11);1H/t6?,7-;/m1./s1. The molecule has 1 saturated heterocycles. The minimum atomic E-state index is -0.787. The lowest BCUT2D eigenvalue weighted by molar-refractivity contribution is -0.139. The minimum absolute atomic E-state index is 0. The van der Waals surface area contributed by atoms with Gasteiger partial charge in [-0.1, -0.05) is 0 Å². The van der Waals surface area contributed by atoms with E-state index < -0.39 is 12.0 Å². The van der Waals surface area contributed by atoms with E-state index in [4.69, 9.17) is 9.84 Å². The fourth-order valence-electron chi connectivity index (χ4n) is 1.38. The predicted octanol–water partition coefficient (Wildman–Crippen LogP) is 0.648. The Morgan fingerprint density at radius 3 is 2.62 bits per heavy atom. The molecule has 1 rings (SSSR count). The van der Waals surface area contributed by atoms with E-state index in [2.05, 4.69) is 5.32 Å². The van der Waals surface area contributed by atoms with Gasteiger partial charge in [-0.25, -0.2) is 0 Å². The Bertz CT molecular complexity index is 175. The zero-order valence-corrected chi connectivity index (χ0v) is 8.63. The quantitative estimate of drug-likeness (QED) is 0.717. The van der Waals surface area contributed by atoms with Crippen LogP contribution in [0.25, 0.3) is 0 Å². The first-order valence-corrected chi connectivity index (χ1v) is 4.21. The van der Waals surface area contributed by atoms with Gasteiger partial charge in [0.25, 0.3) is 0 Å². The summed E-state index contributed by atoms with van der Waals surface area (Å²) in [5.74, 6) is -0.787. The van der Waals surface area contributed by atoms with Crippen LogP contribution in [0.4, 0.5) is 0 Å². The Hall–Kier alpha value is -0.320. The van der Waals surface area contributed by atoms with Crippen LogP contribution in [0, 0.1) is 0 Å². The van der Waals surface area contributed by atoms with Gasteiger partial charge in [0.15, 0.2) is 0 Å². The zero-order valence-electron chi connectivity index (χ0n) is 7.82. The monoisotopic (exact) mass is 209 g/mol. The van der Waals surface area contributed by atoms with Gasteiger partial charge in [0, 0.05) is 13.0 Å². The second kappa shape index (κ2) is 5.42. The average molecular weight is 210 g/mol. The fourth-order valence-corrected chi connectivity index (χ4v) is 1.38. The Morgan fingerprint density at radius 1 is 1.62 bits per heavy atom. The highest BCUT2D eigenvalue weighted by molar-refractivity contribution is 5.85. The van der Waals surface area contributed by atoms with Crippen LogP contribution in [0.2, 0.25) is 0 Å². The molecule has 78 valence electrons. The summed E-state index contributed by atoms with van der Waals surface area (Å²) in [6.45, 7) is 4.55. The van der Waals surface area contributed by atoms with E-state index in [0.29, 0.717) is 13.0 Å². The molecule has 0 aromatic carbocycles. The van der Waals surface area contributed by atoms with Crippen molar-refractivity contribution in [2.24, 2.45) is 0 Å². The molecule has 1 unspecified atom stereocenters. The molecule has 2 atom stereocenters. The molecular weight excluding hydrogens is 194 g/mol. The highest BCUT2D eigenvalue weighted by atomic mass is 35.5. The maximum Gasteiger partial charge on any atom is 0.320 e. The van der Waals surface area contributed by atoms with Crippen molar-refractivity contribution in [2.75, 3.05) is 6.54 Å². The van der Waals surface area contributed by atoms with Gasteiger partial charge in [-0.2, -0.15) is 0 Å². The molecule has 0 aromatic rings. The van der Waals surface area contributed by atoms with Crippen molar-refractivity contribution in [1.29, 1.82) is 0 Å². The normalized spacial score (nSPS) is 27.3. The van der Waals surface area contributed by atoms with Crippen molar-refractivity contribution in [3.63, 3.8) is 0 Å². The van der Waals surface area contributed by atoms with Crippen molar-refractivity contribution in [1.82, 2.24) is 5.32 Å². The van der Waals surface area contributed by atoms with Crippen LogP contribution >= 0.6 is 12.4 Å². The van der Waals surface area contributed by atoms with Gasteiger partial charge in [-0.3, -0.25) is 4.79 Å². The van der Waals surface area contributed by atoms with Crippen molar-refractivity contribution < 1.29 is 14.6 Å². The topological polar surface area (TPSA) is 58.6 Å². The largest absolute Gasteiger partial charge is 0.480 e. The second-order valence-electron chi connectivity index (χ2n) is 3.34. The predicted molar refractivity (Wildman–Crippen MR) is 51.3 cm³/mol. The van der Waals surface area contributed by atoms with Gasteiger partial charge in [0.2, 0.25) is 0 Å². The third-order valence-electron chi connectivity index (χ3n) is 1.85. The number of carboxylic acids is 1. The summed E-state index contributed by atoms with van der Waals surface area (Å²) in [6, 6.07) is -0.422. The summed E-state index contributed by atoms with van der Waals surface area (Å²) in [6.07, 6.45) is 0.809. The Kier molecular flexibility index (Phi) is 5.29. The Labute approximate surface area is 84.1 Å². The third-order valence-corrected chi connectivity index (χ3v) is 1.85. The molecule has 0 amide bonds. The van der Waals surface area contributed by atoms with Crippen LogP contribution in [-0.2, 0) is 9.53 Å². The summed E-state index contributed by atoms with van der Waals surface area (Å²) >= 11 is 0. The summed E-state index contributed by atoms with van der Waals surface area (Å²) < 4.78 is 5.47. The Morgan fingerprint density at radius 2 is 2.23 bits per heavy atom. The van der Waals surface area contributed by atoms with Crippen molar-refractivity contribution in [3.8, 4) is 0 Å². The van der Waals surface area contributed by atoms with Crippen LogP contribution in [0.5, 0.6) is 0 Å². The molecule has 1 aliphatic heterocycles. The maximum atomic E-state index is 10.5. The van der Waals surface area contributed by atoms with E-state index in [1.54, 1.807) is 0 Å². The van der Waals surface area contributed by atoms with Crippen molar-refractivity contribution in [3.05, 3.63) is 0 Å². The Balaban J connectivity index is 0.00000144. The first-order valence-electron chi connectivity index (χ1n) is 4.21. The number of rotatable bonds is 3.